The molecule has 0 bridgehead atoms. The zero-order valence-electron chi connectivity index (χ0n) is 16.9. The van der Waals surface area contributed by atoms with Crippen molar-refractivity contribution in [3.8, 4) is 10.6 Å². The minimum absolute atomic E-state index is 0.0428. The quantitative estimate of drug-likeness (QED) is 0.566. The molecule has 1 atom stereocenters. The van der Waals surface area contributed by atoms with Crippen LogP contribution in [-0.2, 0) is 7.05 Å². The van der Waals surface area contributed by atoms with E-state index in [1.807, 2.05) is 0 Å². The van der Waals surface area contributed by atoms with Crippen molar-refractivity contribution in [3.63, 3.8) is 0 Å². The van der Waals surface area contributed by atoms with Crippen molar-refractivity contribution in [2.24, 2.45) is 12.8 Å². The Bertz CT molecular complexity index is 1110. The molecule has 3 aromatic rings. The molecule has 8 nitrogen and oxygen atoms in total. The van der Waals surface area contributed by atoms with Crippen molar-refractivity contribution in [1.29, 1.82) is 0 Å². The first-order valence-electron chi connectivity index (χ1n) is 9.89. The average Bonchev–Trinajstić information content (AvgIpc) is 3.21. The minimum Gasteiger partial charge on any atom is -0.389 e. The van der Waals surface area contributed by atoms with Crippen LogP contribution in [0.15, 0.2) is 24.4 Å². The summed E-state index contributed by atoms with van der Waals surface area (Å²) in [6.07, 6.45) is 4.31. The van der Waals surface area contributed by atoms with Gasteiger partial charge in [-0.15, -0.1) is 0 Å². The van der Waals surface area contributed by atoms with Crippen LogP contribution in [0, 0.1) is 11.6 Å². The van der Waals surface area contributed by atoms with Crippen LogP contribution in [0.5, 0.6) is 0 Å². The molecule has 0 radical (unpaired) electrons. The number of halogens is 2. The van der Waals surface area contributed by atoms with E-state index in [-0.39, 0.29) is 27.3 Å². The number of nitrogens with zero attached hydrogens (tertiary/aromatic N) is 4. The van der Waals surface area contributed by atoms with E-state index >= 15 is 0 Å². The SMILES string of the molecule is Cn1ncc(NC(=O)c2nc(-c3cc(F)ccc3F)sc2N)c1N1CCC[C@@H](N)CC1. The maximum absolute atomic E-state index is 14.1. The number of benzene rings is 1. The Morgan fingerprint density at radius 3 is 2.90 bits per heavy atom. The fourth-order valence-corrected chi connectivity index (χ4v) is 4.53. The minimum atomic E-state index is -0.643. The van der Waals surface area contributed by atoms with E-state index in [9.17, 15) is 13.6 Å². The predicted molar refractivity (Wildman–Crippen MR) is 117 cm³/mol. The molecule has 1 amide bonds. The smallest absolute Gasteiger partial charge is 0.277 e. The maximum atomic E-state index is 14.1. The Kier molecular flexibility index (Phi) is 5.88. The summed E-state index contributed by atoms with van der Waals surface area (Å²) < 4.78 is 29.3. The van der Waals surface area contributed by atoms with Crippen LogP contribution < -0.4 is 21.7 Å². The van der Waals surface area contributed by atoms with Crippen LogP contribution in [0.3, 0.4) is 0 Å². The molecule has 0 saturated carbocycles. The van der Waals surface area contributed by atoms with E-state index in [0.29, 0.717) is 5.69 Å². The van der Waals surface area contributed by atoms with Crippen LogP contribution in [0.4, 0.5) is 25.3 Å². The molecular formula is C20H23F2N7OS. The number of nitrogens with one attached hydrogen (secondary N) is 1. The molecule has 1 saturated heterocycles. The van der Waals surface area contributed by atoms with E-state index in [0.717, 1.165) is 67.7 Å². The number of aryl methyl sites for hydroxylation is 1. The van der Waals surface area contributed by atoms with E-state index in [2.05, 4.69) is 20.3 Å². The Morgan fingerprint density at radius 1 is 1.29 bits per heavy atom. The second-order valence-electron chi connectivity index (χ2n) is 7.49. The van der Waals surface area contributed by atoms with Crippen molar-refractivity contribution in [2.75, 3.05) is 29.0 Å². The number of aromatic nitrogens is 3. The van der Waals surface area contributed by atoms with Crippen LogP contribution in [0.2, 0.25) is 0 Å². The van der Waals surface area contributed by atoms with Gasteiger partial charge in [-0.2, -0.15) is 5.10 Å². The van der Waals surface area contributed by atoms with Crippen molar-refractivity contribution in [2.45, 2.75) is 25.3 Å². The first-order valence-corrected chi connectivity index (χ1v) is 10.7. The summed E-state index contributed by atoms with van der Waals surface area (Å²) in [5, 5.41) is 7.33. The number of thiazole rings is 1. The van der Waals surface area contributed by atoms with Gasteiger partial charge in [0.25, 0.3) is 5.91 Å². The lowest BCUT2D eigenvalue weighted by molar-refractivity contribution is 0.102. The van der Waals surface area contributed by atoms with Gasteiger partial charge < -0.3 is 21.7 Å². The Morgan fingerprint density at radius 2 is 2.10 bits per heavy atom. The highest BCUT2D eigenvalue weighted by Crippen LogP contribution is 2.33. The molecular weight excluding hydrogens is 424 g/mol. The molecule has 1 aliphatic heterocycles. The van der Waals surface area contributed by atoms with Crippen molar-refractivity contribution < 1.29 is 13.6 Å². The van der Waals surface area contributed by atoms with Gasteiger partial charge in [0.2, 0.25) is 0 Å². The van der Waals surface area contributed by atoms with Gasteiger partial charge in [-0.05, 0) is 37.5 Å². The highest BCUT2D eigenvalue weighted by atomic mass is 32.1. The number of nitrogens with two attached hydrogens (primary N) is 2. The van der Waals surface area contributed by atoms with Gasteiger partial charge in [0.05, 0.1) is 6.20 Å². The fraction of sp³-hybridized carbons (Fsp3) is 0.350. The van der Waals surface area contributed by atoms with Gasteiger partial charge in [-0.1, -0.05) is 11.3 Å². The topological polar surface area (TPSA) is 115 Å². The number of hydrogen-bond donors (Lipinski definition) is 3. The molecule has 4 rings (SSSR count). The van der Waals surface area contributed by atoms with Crippen LogP contribution >= 0.6 is 11.3 Å². The molecule has 1 aromatic carbocycles. The third-order valence-corrected chi connectivity index (χ3v) is 6.17. The Labute approximate surface area is 181 Å². The van der Waals surface area contributed by atoms with Crippen LogP contribution in [0.25, 0.3) is 10.6 Å². The molecule has 0 spiro atoms. The Balaban J connectivity index is 1.59. The van der Waals surface area contributed by atoms with Gasteiger partial charge in [-0.3, -0.25) is 9.48 Å². The lowest BCUT2D eigenvalue weighted by Crippen LogP contribution is -2.29. The number of nitrogen functional groups attached to an aromatic ring is 1. The number of hydrogen-bond acceptors (Lipinski definition) is 7. The largest absolute Gasteiger partial charge is 0.389 e. The molecule has 0 unspecified atom stereocenters. The fourth-order valence-electron chi connectivity index (χ4n) is 3.68. The van der Waals surface area contributed by atoms with Crippen LogP contribution in [0.1, 0.15) is 29.8 Å². The van der Waals surface area contributed by atoms with E-state index in [1.165, 1.54) is 0 Å². The molecule has 1 fully saturated rings. The number of anilines is 3. The average molecular weight is 448 g/mol. The number of carbonyl (C=O) groups excluding carboxylic acids is 1. The lowest BCUT2D eigenvalue weighted by Gasteiger charge is -2.24. The van der Waals surface area contributed by atoms with E-state index in [4.69, 9.17) is 11.5 Å². The monoisotopic (exact) mass is 447 g/mol. The molecule has 31 heavy (non-hydrogen) atoms. The number of amides is 1. The molecule has 164 valence electrons. The third-order valence-electron chi connectivity index (χ3n) is 5.26. The normalized spacial score (nSPS) is 16.9. The molecule has 0 aliphatic carbocycles. The Hall–Kier alpha value is -3.05. The summed E-state index contributed by atoms with van der Waals surface area (Å²) in [6, 6.07) is 3.21. The van der Waals surface area contributed by atoms with Gasteiger partial charge in [0.1, 0.15) is 27.3 Å². The van der Waals surface area contributed by atoms with Crippen molar-refractivity contribution in [1.82, 2.24) is 14.8 Å². The summed E-state index contributed by atoms with van der Waals surface area (Å²) in [5.41, 5.74) is 12.5. The predicted octanol–water partition coefficient (Wildman–Crippen LogP) is 2.97. The molecule has 11 heteroatoms. The molecule has 1 aliphatic rings. The first-order chi connectivity index (χ1) is 14.8. The molecule has 2 aromatic heterocycles. The molecule has 3 heterocycles. The summed E-state index contributed by atoms with van der Waals surface area (Å²) in [4.78, 5) is 19.2. The summed E-state index contributed by atoms with van der Waals surface area (Å²) in [6.45, 7) is 1.56. The first kappa shape index (κ1) is 21.2. The highest BCUT2D eigenvalue weighted by Gasteiger charge is 2.24. The second kappa shape index (κ2) is 8.60. The second-order valence-corrected chi connectivity index (χ2v) is 8.52. The van der Waals surface area contributed by atoms with Gasteiger partial charge in [0, 0.05) is 31.7 Å². The molecule has 5 N–H and O–H groups in total. The standard InChI is InChI=1S/C20H23F2N7OS/c1-28-20(29-7-2-3-12(23)6-8-29)15(10-25-28)26-18(30)16-17(24)31-19(27-16)13-9-11(21)4-5-14(13)22/h4-5,9-10,12H,2-3,6-8,23-24H2,1H3,(H,26,30)/t12-/m1/s1. The zero-order valence-corrected chi connectivity index (χ0v) is 17.8. The summed E-state index contributed by atoms with van der Waals surface area (Å²) >= 11 is 0.924. The zero-order chi connectivity index (χ0) is 22.1. The van der Waals surface area contributed by atoms with Crippen molar-refractivity contribution in [3.05, 3.63) is 41.7 Å². The van der Waals surface area contributed by atoms with Crippen LogP contribution in [-0.4, -0.2) is 39.8 Å². The number of carbonyl (C=O) groups is 1. The highest BCUT2D eigenvalue weighted by molar-refractivity contribution is 7.19. The summed E-state index contributed by atoms with van der Waals surface area (Å²) in [5.74, 6) is -1.02. The maximum Gasteiger partial charge on any atom is 0.277 e. The van der Waals surface area contributed by atoms with Gasteiger partial charge in [0.15, 0.2) is 11.5 Å². The van der Waals surface area contributed by atoms with E-state index < -0.39 is 17.5 Å². The summed E-state index contributed by atoms with van der Waals surface area (Å²) in [7, 11) is 1.80. The third kappa shape index (κ3) is 4.37. The van der Waals surface area contributed by atoms with Crippen molar-refractivity contribution >= 4 is 33.8 Å². The number of rotatable bonds is 4. The van der Waals surface area contributed by atoms with E-state index in [1.54, 1.807) is 17.9 Å². The van der Waals surface area contributed by atoms with Gasteiger partial charge >= 0.3 is 0 Å². The lowest BCUT2D eigenvalue weighted by atomic mass is 10.1. The van der Waals surface area contributed by atoms with Gasteiger partial charge in [-0.25, -0.2) is 13.8 Å².